The maximum atomic E-state index is 12.0. The molecule has 0 atom stereocenters. The van der Waals surface area contributed by atoms with Crippen LogP contribution in [0.1, 0.15) is 16.7 Å². The van der Waals surface area contributed by atoms with Crippen molar-refractivity contribution in [3.8, 4) is 11.5 Å². The van der Waals surface area contributed by atoms with E-state index in [1.807, 2.05) is 6.07 Å². The molecule has 148 valence electrons. The van der Waals surface area contributed by atoms with Crippen LogP contribution in [0.15, 0.2) is 38.3 Å². The minimum absolute atomic E-state index is 0.0227. The topological polar surface area (TPSA) is 103 Å². The predicted octanol–water partition coefficient (Wildman–Crippen LogP) is 4.27. The van der Waals surface area contributed by atoms with E-state index in [9.17, 15) is 14.9 Å². The molecule has 28 heavy (non-hydrogen) atoms. The highest BCUT2D eigenvalue weighted by atomic mass is 79.9. The number of carbonyl (C=O) groups excluding carboxylic acids is 1. The normalized spacial score (nSPS) is 10.8. The van der Waals surface area contributed by atoms with Crippen molar-refractivity contribution in [3.05, 3.63) is 60.0 Å². The minimum atomic E-state index is -0.472. The fourth-order valence-corrected chi connectivity index (χ4v) is 3.92. The number of nitrogens with one attached hydrogen (secondary N) is 1. The number of nitrogens with zero attached hydrogens (tertiary/aromatic N) is 2. The van der Waals surface area contributed by atoms with E-state index in [0.29, 0.717) is 28.2 Å². The Balaban J connectivity index is 2.01. The Kier molecular flexibility index (Phi) is 7.53. The zero-order valence-corrected chi connectivity index (χ0v) is 18.5. The molecule has 0 aliphatic carbocycles. The van der Waals surface area contributed by atoms with Crippen LogP contribution >= 0.6 is 31.9 Å². The third kappa shape index (κ3) is 5.52. The number of hydrazone groups is 1. The van der Waals surface area contributed by atoms with Crippen LogP contribution in [0.4, 0.5) is 5.69 Å². The van der Waals surface area contributed by atoms with Crippen LogP contribution in [0.25, 0.3) is 0 Å². The van der Waals surface area contributed by atoms with Gasteiger partial charge in [-0.05, 0) is 53.0 Å². The lowest BCUT2D eigenvalue weighted by atomic mass is 10.1. The average molecular weight is 515 g/mol. The van der Waals surface area contributed by atoms with Gasteiger partial charge in [-0.15, -0.1) is 0 Å². The zero-order chi connectivity index (χ0) is 20.8. The fraction of sp³-hybridized carbons (Fsp3) is 0.222. The predicted molar refractivity (Wildman–Crippen MR) is 112 cm³/mol. The summed E-state index contributed by atoms with van der Waals surface area (Å²) in [5.41, 5.74) is 4.16. The number of benzene rings is 2. The van der Waals surface area contributed by atoms with Crippen molar-refractivity contribution in [1.29, 1.82) is 0 Å². The Hall–Kier alpha value is -2.46. The summed E-state index contributed by atoms with van der Waals surface area (Å²) in [7, 11) is 1.53. The average Bonchev–Trinajstić information content (AvgIpc) is 2.60. The largest absolute Gasteiger partial charge is 0.495 e. The Bertz CT molecular complexity index is 924. The monoisotopic (exact) mass is 513 g/mol. The molecule has 0 unspecified atom stereocenters. The van der Waals surface area contributed by atoms with Crippen molar-refractivity contribution in [2.45, 2.75) is 13.8 Å². The number of carbonyl (C=O) groups is 1. The molecule has 0 radical (unpaired) electrons. The molecule has 2 aromatic carbocycles. The first-order chi connectivity index (χ1) is 13.2. The molecular formula is C18H17Br2N3O5. The number of amides is 1. The molecule has 2 aromatic rings. The quantitative estimate of drug-likeness (QED) is 0.337. The van der Waals surface area contributed by atoms with Gasteiger partial charge in [-0.1, -0.05) is 15.9 Å². The zero-order valence-electron chi connectivity index (χ0n) is 15.3. The van der Waals surface area contributed by atoms with Crippen LogP contribution in [0.2, 0.25) is 0 Å². The van der Waals surface area contributed by atoms with Crippen molar-refractivity contribution in [2.75, 3.05) is 13.7 Å². The van der Waals surface area contributed by atoms with Crippen molar-refractivity contribution in [1.82, 2.24) is 5.43 Å². The molecule has 0 aliphatic rings. The number of non-ortho nitro benzene ring substituents is 1. The second-order valence-electron chi connectivity index (χ2n) is 5.76. The summed E-state index contributed by atoms with van der Waals surface area (Å²) in [6.45, 7) is 3.09. The van der Waals surface area contributed by atoms with E-state index in [0.717, 1.165) is 8.95 Å². The maximum absolute atomic E-state index is 12.0. The number of nitro groups is 1. The van der Waals surface area contributed by atoms with Gasteiger partial charge in [0.25, 0.3) is 11.6 Å². The first-order valence-corrected chi connectivity index (χ1v) is 9.55. The third-order valence-electron chi connectivity index (χ3n) is 3.64. The molecule has 0 saturated carbocycles. The summed E-state index contributed by atoms with van der Waals surface area (Å²) in [6, 6.07) is 6.42. The molecule has 0 heterocycles. The van der Waals surface area contributed by atoms with Crippen LogP contribution in [-0.4, -0.2) is 30.8 Å². The van der Waals surface area contributed by atoms with Gasteiger partial charge in [-0.3, -0.25) is 14.9 Å². The van der Waals surface area contributed by atoms with Gasteiger partial charge in [-0.2, -0.15) is 5.10 Å². The first-order valence-electron chi connectivity index (χ1n) is 7.96. The van der Waals surface area contributed by atoms with Crippen LogP contribution in [0.3, 0.4) is 0 Å². The molecule has 0 saturated heterocycles. The van der Waals surface area contributed by atoms with Crippen LogP contribution < -0.4 is 14.9 Å². The van der Waals surface area contributed by atoms with Gasteiger partial charge in [-0.25, -0.2) is 5.43 Å². The molecule has 10 heteroatoms. The van der Waals surface area contributed by atoms with Crippen LogP contribution in [-0.2, 0) is 4.79 Å². The number of methoxy groups -OCH3 is 1. The summed E-state index contributed by atoms with van der Waals surface area (Å²) in [5, 5.41) is 14.8. The lowest BCUT2D eigenvalue weighted by Gasteiger charge is -2.11. The van der Waals surface area contributed by atoms with Gasteiger partial charge < -0.3 is 9.47 Å². The van der Waals surface area contributed by atoms with Gasteiger partial charge in [0.2, 0.25) is 0 Å². The summed E-state index contributed by atoms with van der Waals surface area (Å²) in [6.07, 6.45) is 1.45. The van der Waals surface area contributed by atoms with Gasteiger partial charge >= 0.3 is 0 Å². The van der Waals surface area contributed by atoms with Crippen molar-refractivity contribution in [2.24, 2.45) is 5.10 Å². The SMILES string of the molecule is COc1c(Br)cc(Br)cc1/C=N\NC(=O)COc1c(C)cc([N+](=O)[O-])cc1C. The molecule has 1 N–H and O–H groups in total. The van der Waals surface area contributed by atoms with E-state index in [-0.39, 0.29) is 12.3 Å². The van der Waals surface area contributed by atoms with E-state index in [1.54, 1.807) is 19.9 Å². The molecule has 0 aliphatic heterocycles. The number of hydrogen-bond acceptors (Lipinski definition) is 6. The standard InChI is InChI=1S/C18H17Br2N3O5/c1-10-4-14(23(25)26)5-11(2)17(10)28-9-16(24)22-21-8-12-6-13(19)7-15(20)18(12)27-3/h4-8H,9H2,1-3H3,(H,22,24)/b21-8-. The molecule has 1 amide bonds. The highest BCUT2D eigenvalue weighted by Crippen LogP contribution is 2.31. The second-order valence-corrected chi connectivity index (χ2v) is 7.53. The smallest absolute Gasteiger partial charge is 0.277 e. The lowest BCUT2D eigenvalue weighted by molar-refractivity contribution is -0.385. The number of hydrogen-bond donors (Lipinski definition) is 1. The van der Waals surface area contributed by atoms with Crippen LogP contribution in [0.5, 0.6) is 11.5 Å². The van der Waals surface area contributed by atoms with Crippen LogP contribution in [0, 0.1) is 24.0 Å². The second kappa shape index (κ2) is 9.65. The van der Waals surface area contributed by atoms with E-state index >= 15 is 0 Å². The van der Waals surface area contributed by atoms with Gasteiger partial charge in [0.15, 0.2) is 6.61 Å². The summed E-state index contributed by atoms with van der Waals surface area (Å²) >= 11 is 6.77. The highest BCUT2D eigenvalue weighted by molar-refractivity contribution is 9.11. The first kappa shape index (κ1) is 21.8. The highest BCUT2D eigenvalue weighted by Gasteiger charge is 2.14. The molecule has 0 aromatic heterocycles. The van der Waals surface area contributed by atoms with E-state index in [1.165, 1.54) is 25.5 Å². The van der Waals surface area contributed by atoms with E-state index < -0.39 is 10.8 Å². The summed E-state index contributed by atoms with van der Waals surface area (Å²) in [5.74, 6) is 0.540. The minimum Gasteiger partial charge on any atom is -0.495 e. The van der Waals surface area contributed by atoms with E-state index in [4.69, 9.17) is 9.47 Å². The lowest BCUT2D eigenvalue weighted by Crippen LogP contribution is -2.25. The Labute approximate surface area is 178 Å². The molecule has 2 rings (SSSR count). The summed E-state index contributed by atoms with van der Waals surface area (Å²) < 4.78 is 12.4. The number of ether oxygens (including phenoxy) is 2. The van der Waals surface area contributed by atoms with Crippen molar-refractivity contribution in [3.63, 3.8) is 0 Å². The molecular weight excluding hydrogens is 498 g/mol. The van der Waals surface area contributed by atoms with Gasteiger partial charge in [0.1, 0.15) is 11.5 Å². The maximum Gasteiger partial charge on any atom is 0.277 e. The number of nitro benzene ring substituents is 1. The van der Waals surface area contributed by atoms with Crippen molar-refractivity contribution < 1.29 is 19.2 Å². The Morgan fingerprint density at radius 1 is 1.21 bits per heavy atom. The van der Waals surface area contributed by atoms with E-state index in [2.05, 4.69) is 42.4 Å². The van der Waals surface area contributed by atoms with Crippen molar-refractivity contribution >= 4 is 49.7 Å². The number of rotatable bonds is 7. The molecule has 0 fully saturated rings. The number of halogens is 2. The Morgan fingerprint density at radius 3 is 2.43 bits per heavy atom. The van der Waals surface area contributed by atoms with Gasteiger partial charge in [0, 0.05) is 22.2 Å². The van der Waals surface area contributed by atoms with Gasteiger partial charge in [0.05, 0.1) is 22.7 Å². The fourth-order valence-electron chi connectivity index (χ4n) is 2.50. The Morgan fingerprint density at radius 2 is 1.86 bits per heavy atom. The molecule has 0 spiro atoms. The summed E-state index contributed by atoms with van der Waals surface area (Å²) in [4.78, 5) is 22.4. The molecule has 8 nitrogen and oxygen atoms in total. The third-order valence-corrected chi connectivity index (χ3v) is 4.68. The molecule has 0 bridgehead atoms. The number of aryl methyl sites for hydroxylation is 2.